The summed E-state index contributed by atoms with van der Waals surface area (Å²) in [6.07, 6.45) is 16.5. The van der Waals surface area contributed by atoms with Crippen molar-refractivity contribution in [2.75, 3.05) is 26.4 Å². The molecule has 0 aliphatic carbocycles. The Morgan fingerprint density at radius 3 is 1.24 bits per heavy atom. The van der Waals surface area contributed by atoms with Gasteiger partial charge in [0.05, 0.1) is 37.6 Å². The number of carbonyl (C=O) groups excluding carboxylic acids is 4. The van der Waals surface area contributed by atoms with Crippen molar-refractivity contribution in [1.82, 2.24) is 0 Å². The van der Waals surface area contributed by atoms with Gasteiger partial charge in [-0.3, -0.25) is 0 Å². The molecule has 0 saturated heterocycles. The van der Waals surface area contributed by atoms with E-state index in [1.807, 2.05) is 0 Å². The summed E-state index contributed by atoms with van der Waals surface area (Å²) in [6, 6.07) is 16.5. The van der Waals surface area contributed by atoms with Crippen molar-refractivity contribution < 1.29 is 52.0 Å². The lowest BCUT2D eigenvalue weighted by Gasteiger charge is -2.10. The minimum Gasteiger partial charge on any atom is -0.494 e. The Bertz CT molecular complexity index is 1640. The highest BCUT2D eigenvalue weighted by molar-refractivity contribution is 5.92. The second-order valence-corrected chi connectivity index (χ2v) is 12.8. The largest absolute Gasteiger partial charge is 0.494 e. The van der Waals surface area contributed by atoms with Gasteiger partial charge in [-0.05, 0) is 86.3 Å². The van der Waals surface area contributed by atoms with Crippen LogP contribution in [0.3, 0.4) is 0 Å². The van der Waals surface area contributed by atoms with E-state index in [4.69, 9.17) is 28.4 Å². The topological polar surface area (TPSA) is 124 Å². The highest BCUT2D eigenvalue weighted by Gasteiger charge is 2.15. The highest BCUT2D eigenvalue weighted by Crippen LogP contribution is 2.25. The van der Waals surface area contributed by atoms with E-state index in [9.17, 15) is 23.6 Å². The summed E-state index contributed by atoms with van der Waals surface area (Å²) in [5, 5.41) is 0. The average molecular weight is 761 g/mol. The van der Waals surface area contributed by atoms with E-state index in [0.717, 1.165) is 96.0 Å². The molecule has 10 nitrogen and oxygen atoms in total. The van der Waals surface area contributed by atoms with Crippen molar-refractivity contribution >= 4 is 23.9 Å². The minimum atomic E-state index is -0.858. The SMILES string of the molecule is C=CC(=O)OCCCCCCCCCOc1ccc(C(=O)Oc2ccc(OC(=O)c3ccc(OCCCCCCCCCOC(=O)C=C)cc3)c(F)c2)cc1. The van der Waals surface area contributed by atoms with Gasteiger partial charge in [-0.25, -0.2) is 23.6 Å². The van der Waals surface area contributed by atoms with Crippen LogP contribution in [0.1, 0.15) is 111 Å². The molecule has 0 spiro atoms. The van der Waals surface area contributed by atoms with Crippen molar-refractivity contribution in [1.29, 1.82) is 0 Å². The Hall–Kier alpha value is -5.45. The van der Waals surface area contributed by atoms with Crippen LogP contribution in [-0.4, -0.2) is 50.3 Å². The van der Waals surface area contributed by atoms with E-state index in [-0.39, 0.29) is 34.6 Å². The van der Waals surface area contributed by atoms with E-state index in [1.165, 1.54) is 24.3 Å². The van der Waals surface area contributed by atoms with Crippen LogP contribution in [-0.2, 0) is 19.1 Å². The predicted octanol–water partition coefficient (Wildman–Crippen LogP) is 9.94. The highest BCUT2D eigenvalue weighted by atomic mass is 19.1. The van der Waals surface area contributed by atoms with E-state index >= 15 is 0 Å². The third-order valence-corrected chi connectivity index (χ3v) is 8.43. The number of hydrogen-bond donors (Lipinski definition) is 0. The first-order chi connectivity index (χ1) is 26.8. The Kier molecular flexibility index (Phi) is 21.1. The van der Waals surface area contributed by atoms with Crippen LogP contribution in [0.15, 0.2) is 92.0 Å². The van der Waals surface area contributed by atoms with Crippen molar-refractivity contribution in [2.45, 2.75) is 89.9 Å². The van der Waals surface area contributed by atoms with Crippen molar-refractivity contribution in [3.05, 3.63) is 109 Å². The molecule has 0 fully saturated rings. The quantitative estimate of drug-likeness (QED) is 0.0306. The molecule has 0 saturated carbocycles. The fourth-order valence-corrected chi connectivity index (χ4v) is 5.35. The van der Waals surface area contributed by atoms with Crippen molar-refractivity contribution in [3.8, 4) is 23.0 Å². The van der Waals surface area contributed by atoms with Gasteiger partial charge in [-0.15, -0.1) is 0 Å². The summed E-state index contributed by atoms with van der Waals surface area (Å²) < 4.78 is 46.9. The second-order valence-electron chi connectivity index (χ2n) is 12.8. The van der Waals surface area contributed by atoms with Gasteiger partial charge in [0.25, 0.3) is 0 Å². The molecule has 0 N–H and O–H groups in total. The fraction of sp³-hybridized carbons (Fsp3) is 0.409. The summed E-state index contributed by atoms with van der Waals surface area (Å²) in [4.78, 5) is 47.3. The molecule has 0 bridgehead atoms. The van der Waals surface area contributed by atoms with Gasteiger partial charge in [-0.1, -0.05) is 77.4 Å². The lowest BCUT2D eigenvalue weighted by atomic mass is 10.1. The van der Waals surface area contributed by atoms with Crippen LogP contribution in [0.25, 0.3) is 0 Å². The van der Waals surface area contributed by atoms with Gasteiger partial charge in [0.1, 0.15) is 17.2 Å². The number of hydrogen-bond acceptors (Lipinski definition) is 10. The van der Waals surface area contributed by atoms with Gasteiger partial charge in [0, 0.05) is 18.2 Å². The maximum Gasteiger partial charge on any atom is 0.343 e. The number of benzene rings is 3. The monoisotopic (exact) mass is 760 g/mol. The molecular formula is C44H53FO10. The summed E-state index contributed by atoms with van der Waals surface area (Å²) in [7, 11) is 0. The van der Waals surface area contributed by atoms with E-state index in [0.29, 0.717) is 37.9 Å². The fourth-order valence-electron chi connectivity index (χ4n) is 5.35. The van der Waals surface area contributed by atoms with Gasteiger partial charge >= 0.3 is 23.9 Å². The standard InChI is InChI=1S/C44H53FO10/c1-3-41(46)52-31-17-13-9-5-7-11-15-29-50-36-23-19-34(20-24-36)43(48)54-38-27-28-40(39(45)33-38)55-44(49)35-21-25-37(26-22-35)51-30-16-12-8-6-10-14-18-32-53-42(47)4-2/h3-4,19-28,33H,1-2,5-18,29-32H2. The Morgan fingerprint density at radius 2 is 0.836 bits per heavy atom. The van der Waals surface area contributed by atoms with Crippen LogP contribution in [0.4, 0.5) is 4.39 Å². The van der Waals surface area contributed by atoms with E-state index in [2.05, 4.69) is 13.2 Å². The molecule has 3 aromatic carbocycles. The third-order valence-electron chi connectivity index (χ3n) is 8.43. The molecule has 3 rings (SSSR count). The van der Waals surface area contributed by atoms with Crippen LogP contribution in [0, 0.1) is 5.82 Å². The van der Waals surface area contributed by atoms with Gasteiger partial charge < -0.3 is 28.4 Å². The average Bonchev–Trinajstić information content (AvgIpc) is 3.20. The zero-order valence-electron chi connectivity index (χ0n) is 31.6. The first-order valence-corrected chi connectivity index (χ1v) is 19.1. The Labute approximate surface area is 323 Å². The van der Waals surface area contributed by atoms with Gasteiger partial charge in [-0.2, -0.15) is 0 Å². The first kappa shape index (κ1) is 44.0. The summed E-state index contributed by atoms with van der Waals surface area (Å²) >= 11 is 0. The second kappa shape index (κ2) is 26.3. The predicted molar refractivity (Wildman–Crippen MR) is 207 cm³/mol. The summed E-state index contributed by atoms with van der Waals surface area (Å²) in [6.45, 7) is 8.71. The third kappa shape index (κ3) is 18.4. The van der Waals surface area contributed by atoms with Crippen LogP contribution >= 0.6 is 0 Å². The van der Waals surface area contributed by atoms with E-state index in [1.54, 1.807) is 48.5 Å². The molecule has 0 aliphatic heterocycles. The number of unbranched alkanes of at least 4 members (excludes halogenated alkanes) is 12. The first-order valence-electron chi connectivity index (χ1n) is 19.1. The molecule has 0 radical (unpaired) electrons. The minimum absolute atomic E-state index is 0.0380. The molecule has 0 heterocycles. The lowest BCUT2D eigenvalue weighted by Crippen LogP contribution is -2.11. The van der Waals surface area contributed by atoms with Crippen molar-refractivity contribution in [2.24, 2.45) is 0 Å². The molecule has 0 unspecified atom stereocenters. The molecular weight excluding hydrogens is 707 g/mol. The number of carbonyl (C=O) groups is 4. The number of halogens is 1. The van der Waals surface area contributed by atoms with Gasteiger partial charge in [0.15, 0.2) is 11.6 Å². The van der Waals surface area contributed by atoms with Crippen LogP contribution in [0.2, 0.25) is 0 Å². The molecule has 55 heavy (non-hydrogen) atoms. The molecule has 0 aromatic heterocycles. The zero-order valence-corrected chi connectivity index (χ0v) is 31.6. The summed E-state index contributed by atoms with van der Waals surface area (Å²) in [5.74, 6) is -2.13. The van der Waals surface area contributed by atoms with E-state index < -0.39 is 17.8 Å². The maximum absolute atomic E-state index is 14.8. The van der Waals surface area contributed by atoms with Crippen molar-refractivity contribution in [3.63, 3.8) is 0 Å². The molecule has 0 amide bonds. The van der Waals surface area contributed by atoms with Gasteiger partial charge in [0.2, 0.25) is 0 Å². The summed E-state index contributed by atoms with van der Waals surface area (Å²) in [5.41, 5.74) is 0.492. The Morgan fingerprint density at radius 1 is 0.473 bits per heavy atom. The Balaban J connectivity index is 1.28. The molecule has 0 aliphatic rings. The zero-order chi connectivity index (χ0) is 39.5. The molecule has 11 heteroatoms. The molecule has 3 aromatic rings. The normalized spacial score (nSPS) is 10.6. The van der Waals surface area contributed by atoms with Crippen LogP contribution in [0.5, 0.6) is 23.0 Å². The number of esters is 4. The maximum atomic E-state index is 14.8. The van der Waals surface area contributed by atoms with Crippen LogP contribution < -0.4 is 18.9 Å². The number of ether oxygens (including phenoxy) is 6. The molecule has 296 valence electrons. The smallest absolute Gasteiger partial charge is 0.343 e. The lowest BCUT2D eigenvalue weighted by molar-refractivity contribution is -0.138. The molecule has 0 atom stereocenters. The number of rotatable bonds is 28.